The van der Waals surface area contributed by atoms with E-state index >= 15 is 0 Å². The summed E-state index contributed by atoms with van der Waals surface area (Å²) in [7, 11) is 0. The molecule has 1 aromatic rings. The summed E-state index contributed by atoms with van der Waals surface area (Å²) in [6.45, 7) is 3.00. The molecule has 2 aliphatic heterocycles. The van der Waals surface area contributed by atoms with Gasteiger partial charge in [0.1, 0.15) is 11.2 Å². The SMILES string of the molecule is N[C@H](Cc1cc(F)c(F)cc1F)C1CCN(C(=O)C2(C(=O)N3CCOCC3)CC2)CC1.O=C(O)C=CC(=O)O. The molecular weight excluding hydrogens is 523 g/mol. The quantitative estimate of drug-likeness (QED) is 0.261. The zero-order valence-electron chi connectivity index (χ0n) is 21.3. The summed E-state index contributed by atoms with van der Waals surface area (Å²) >= 11 is 0. The third kappa shape index (κ3) is 7.79. The molecule has 39 heavy (non-hydrogen) atoms. The predicted molar refractivity (Wildman–Crippen MR) is 131 cm³/mol. The van der Waals surface area contributed by atoms with Gasteiger partial charge in [0, 0.05) is 50.4 Å². The maximum Gasteiger partial charge on any atom is 0.328 e. The fourth-order valence-electron chi connectivity index (χ4n) is 4.83. The summed E-state index contributed by atoms with van der Waals surface area (Å²) in [5.74, 6) is -5.80. The number of hydrogen-bond acceptors (Lipinski definition) is 6. The predicted octanol–water partition coefficient (Wildman–Crippen LogP) is 1.56. The standard InChI is InChI=1S/C22H28F3N3O3.C4H4O4/c23-16-13-18(25)17(24)11-15(16)12-19(26)14-1-5-27(6-2-14)20(29)22(3-4-22)21(30)28-7-9-31-10-8-28;5-3(6)1-2-4(7)8/h11,13-14,19H,1-10,12,26H2;1-2H,(H,5,6)(H,7,8)/t19-;/m1./s1. The van der Waals surface area contributed by atoms with E-state index in [1.54, 1.807) is 9.80 Å². The van der Waals surface area contributed by atoms with Crippen LogP contribution in [0.2, 0.25) is 0 Å². The normalized spacial score (nSPS) is 19.7. The molecule has 0 radical (unpaired) electrons. The molecule has 1 atom stereocenters. The molecule has 0 spiro atoms. The topological polar surface area (TPSA) is 150 Å². The molecule has 214 valence electrons. The molecule has 2 amide bonds. The summed E-state index contributed by atoms with van der Waals surface area (Å²) in [6, 6.07) is 0.970. The Morgan fingerprint density at radius 1 is 0.897 bits per heavy atom. The lowest BCUT2D eigenvalue weighted by Crippen LogP contribution is -2.52. The van der Waals surface area contributed by atoms with Crippen molar-refractivity contribution in [3.05, 3.63) is 47.3 Å². The minimum Gasteiger partial charge on any atom is -0.478 e. The average Bonchev–Trinajstić information content (AvgIpc) is 3.73. The van der Waals surface area contributed by atoms with E-state index in [9.17, 15) is 32.3 Å². The van der Waals surface area contributed by atoms with Crippen LogP contribution >= 0.6 is 0 Å². The van der Waals surface area contributed by atoms with Crippen molar-refractivity contribution >= 4 is 23.8 Å². The highest BCUT2D eigenvalue weighted by Gasteiger charge is 2.59. The van der Waals surface area contributed by atoms with E-state index in [1.807, 2.05) is 0 Å². The van der Waals surface area contributed by atoms with E-state index in [0.717, 1.165) is 6.07 Å². The van der Waals surface area contributed by atoms with Gasteiger partial charge in [0.05, 0.1) is 13.2 Å². The van der Waals surface area contributed by atoms with Crippen molar-refractivity contribution < 1.29 is 47.3 Å². The molecule has 0 unspecified atom stereocenters. The number of likely N-dealkylation sites (tertiary alicyclic amines) is 1. The lowest BCUT2D eigenvalue weighted by Gasteiger charge is -2.37. The van der Waals surface area contributed by atoms with E-state index in [4.69, 9.17) is 20.7 Å². The summed E-state index contributed by atoms with van der Waals surface area (Å²) in [4.78, 5) is 48.7. The van der Waals surface area contributed by atoms with Crippen LogP contribution < -0.4 is 5.73 Å². The number of halogens is 3. The van der Waals surface area contributed by atoms with Gasteiger partial charge >= 0.3 is 11.9 Å². The fourth-order valence-corrected chi connectivity index (χ4v) is 4.83. The molecule has 1 aromatic carbocycles. The van der Waals surface area contributed by atoms with Crippen LogP contribution in [0.5, 0.6) is 0 Å². The molecule has 1 saturated carbocycles. The first kappa shape index (κ1) is 30.1. The van der Waals surface area contributed by atoms with Crippen molar-refractivity contribution in [1.29, 1.82) is 0 Å². The van der Waals surface area contributed by atoms with E-state index in [2.05, 4.69) is 0 Å². The smallest absolute Gasteiger partial charge is 0.328 e. The molecule has 10 nitrogen and oxygen atoms in total. The third-order valence-corrected chi connectivity index (χ3v) is 7.21. The number of nitrogens with two attached hydrogens (primary N) is 1. The molecule has 13 heteroatoms. The highest BCUT2D eigenvalue weighted by atomic mass is 19.2. The Morgan fingerprint density at radius 3 is 1.87 bits per heavy atom. The molecular formula is C26H32F3N3O7. The average molecular weight is 556 g/mol. The number of ether oxygens (including phenoxy) is 1. The number of carbonyl (C=O) groups is 4. The maximum absolute atomic E-state index is 13.9. The Bertz CT molecular complexity index is 1100. The second kappa shape index (κ2) is 13.1. The number of rotatable bonds is 7. The van der Waals surface area contributed by atoms with Crippen molar-refractivity contribution in [3.63, 3.8) is 0 Å². The van der Waals surface area contributed by atoms with Crippen LogP contribution in [0.25, 0.3) is 0 Å². The number of carbonyl (C=O) groups excluding carboxylic acids is 2. The lowest BCUT2D eigenvalue weighted by molar-refractivity contribution is -0.152. The van der Waals surface area contributed by atoms with Gasteiger partial charge in [-0.15, -0.1) is 0 Å². The molecule has 3 fully saturated rings. The van der Waals surface area contributed by atoms with Crippen LogP contribution in [0.3, 0.4) is 0 Å². The number of nitrogens with zero attached hydrogens (tertiary/aromatic N) is 2. The number of amides is 2. The number of carboxylic acid groups (broad SMARTS) is 2. The van der Waals surface area contributed by atoms with E-state index in [1.165, 1.54) is 0 Å². The van der Waals surface area contributed by atoms with Crippen LogP contribution in [-0.4, -0.2) is 89.2 Å². The first-order valence-corrected chi connectivity index (χ1v) is 12.6. The van der Waals surface area contributed by atoms with Gasteiger partial charge < -0.3 is 30.5 Å². The van der Waals surface area contributed by atoms with Crippen LogP contribution in [0.15, 0.2) is 24.3 Å². The van der Waals surface area contributed by atoms with Crippen molar-refractivity contribution in [3.8, 4) is 0 Å². The monoisotopic (exact) mass is 555 g/mol. The third-order valence-electron chi connectivity index (χ3n) is 7.21. The van der Waals surface area contributed by atoms with E-state index in [0.29, 0.717) is 83.3 Å². The van der Waals surface area contributed by atoms with Crippen molar-refractivity contribution in [2.45, 2.75) is 38.1 Å². The molecule has 3 aliphatic rings. The summed E-state index contributed by atoms with van der Waals surface area (Å²) in [6.07, 6.45) is 3.62. The number of carboxylic acids is 2. The van der Waals surface area contributed by atoms with Crippen LogP contribution in [-0.2, 0) is 30.3 Å². The minimum atomic E-state index is -1.26. The zero-order chi connectivity index (χ0) is 28.7. The minimum absolute atomic E-state index is 0.0293. The number of benzene rings is 1. The van der Waals surface area contributed by atoms with Gasteiger partial charge in [-0.05, 0) is 49.7 Å². The molecule has 0 aromatic heterocycles. The Morgan fingerprint density at radius 2 is 1.38 bits per heavy atom. The molecule has 1 aliphatic carbocycles. The van der Waals surface area contributed by atoms with Gasteiger partial charge in [0.25, 0.3) is 0 Å². The first-order valence-electron chi connectivity index (χ1n) is 12.6. The second-order valence-corrected chi connectivity index (χ2v) is 9.85. The van der Waals surface area contributed by atoms with E-state index in [-0.39, 0.29) is 29.7 Å². The Labute approximate surface area is 223 Å². The molecule has 2 heterocycles. The molecule has 4 rings (SSSR count). The van der Waals surface area contributed by atoms with Crippen LogP contribution in [0, 0.1) is 28.8 Å². The van der Waals surface area contributed by atoms with Crippen molar-refractivity contribution in [1.82, 2.24) is 9.80 Å². The maximum atomic E-state index is 13.9. The van der Waals surface area contributed by atoms with Crippen LogP contribution in [0.1, 0.15) is 31.2 Å². The summed E-state index contributed by atoms with van der Waals surface area (Å²) < 4.78 is 45.8. The number of hydrogen-bond donors (Lipinski definition) is 3. The molecule has 2 saturated heterocycles. The van der Waals surface area contributed by atoms with E-state index < -0.39 is 40.8 Å². The number of morpholine rings is 1. The Hall–Kier alpha value is -3.45. The van der Waals surface area contributed by atoms with Gasteiger partial charge in [0.2, 0.25) is 11.8 Å². The Kier molecular flexibility index (Phi) is 10.1. The van der Waals surface area contributed by atoms with Gasteiger partial charge in [0.15, 0.2) is 11.6 Å². The van der Waals surface area contributed by atoms with Crippen LogP contribution in [0.4, 0.5) is 13.2 Å². The highest BCUT2D eigenvalue weighted by molar-refractivity contribution is 6.07. The molecule has 0 bridgehead atoms. The fraction of sp³-hybridized carbons (Fsp3) is 0.538. The second-order valence-electron chi connectivity index (χ2n) is 9.85. The van der Waals surface area contributed by atoms with Gasteiger partial charge in [-0.25, -0.2) is 22.8 Å². The largest absolute Gasteiger partial charge is 0.478 e. The summed E-state index contributed by atoms with van der Waals surface area (Å²) in [5.41, 5.74) is 5.38. The van der Waals surface area contributed by atoms with Gasteiger partial charge in [-0.1, -0.05) is 0 Å². The lowest BCUT2D eigenvalue weighted by atomic mass is 9.85. The number of aliphatic carboxylic acids is 2. The number of piperidine rings is 1. The van der Waals surface area contributed by atoms with Crippen molar-refractivity contribution in [2.75, 3.05) is 39.4 Å². The van der Waals surface area contributed by atoms with Gasteiger partial charge in [-0.3, -0.25) is 9.59 Å². The highest BCUT2D eigenvalue weighted by Crippen LogP contribution is 2.49. The molecule has 4 N–H and O–H groups in total. The summed E-state index contributed by atoms with van der Waals surface area (Å²) in [5, 5.41) is 15.6. The first-order chi connectivity index (χ1) is 18.4. The Balaban J connectivity index is 0.000000459. The van der Waals surface area contributed by atoms with Crippen molar-refractivity contribution in [2.24, 2.45) is 17.1 Å². The zero-order valence-corrected chi connectivity index (χ0v) is 21.3. The van der Waals surface area contributed by atoms with Gasteiger partial charge in [-0.2, -0.15) is 0 Å².